The number of aryl methyl sites for hydroxylation is 1. The summed E-state index contributed by atoms with van der Waals surface area (Å²) in [4.78, 5) is 16.7. The number of pyridine rings is 1. The summed E-state index contributed by atoms with van der Waals surface area (Å²) in [5, 5.41) is 14.9. The molecule has 1 N–H and O–H groups in total. The third kappa shape index (κ3) is 9.32. The van der Waals surface area contributed by atoms with E-state index in [0.29, 0.717) is 5.41 Å². The number of fused-ring (bicyclic) bond motifs is 4. The largest absolute Gasteiger partial charge is 0 e. The summed E-state index contributed by atoms with van der Waals surface area (Å²) in [5.41, 5.74) is 6.60. The van der Waals surface area contributed by atoms with Gasteiger partial charge in [-0.25, -0.2) is 0 Å². The first-order chi connectivity index (χ1) is 24.6. The molecule has 0 unspecified atom stereocenters. The molecule has 0 amide bonds. The molecule has 6 rings (SSSR count). The maximum absolute atomic E-state index is 11.7. The van der Waals surface area contributed by atoms with E-state index >= 15 is 0 Å². The van der Waals surface area contributed by atoms with Gasteiger partial charge in [0.05, 0.1) is 5.76 Å². The summed E-state index contributed by atoms with van der Waals surface area (Å²) in [6, 6.07) is 21.5. The topological polar surface area (TPSA) is 50.2 Å². The van der Waals surface area contributed by atoms with E-state index in [1.54, 1.807) is 0 Å². The average Bonchev–Trinajstić information content (AvgIpc) is 3.50. The van der Waals surface area contributed by atoms with Crippen LogP contribution in [0.2, 0.25) is 0 Å². The number of rotatable bonds is 9. The number of carbonyl (C=O) groups is 1. The Balaban J connectivity index is 0.000000335. The molecule has 281 valence electrons. The molecule has 3 nitrogen and oxygen atoms in total. The van der Waals surface area contributed by atoms with Gasteiger partial charge in [-0.3, -0.25) is 4.79 Å². The SMILES string of the molecule is CCC(CC)C(=O)/C=C(\O)C(CC)CC.[2H]C1(c2ccc3c([te]c4c(-c5[c-]c6ccccc6c(C(C)(C)C)c5)nccc43)c2C)CCC(C)(C)CC1.[Ir]. The minimum absolute atomic E-state index is 0. The van der Waals surface area contributed by atoms with Crippen molar-refractivity contribution in [1.82, 2.24) is 4.98 Å². The van der Waals surface area contributed by atoms with Crippen molar-refractivity contribution < 1.29 is 31.4 Å². The van der Waals surface area contributed by atoms with Crippen LogP contribution in [0, 0.1) is 30.2 Å². The first-order valence-corrected chi connectivity index (χ1v) is 21.6. The molecule has 2 heterocycles. The van der Waals surface area contributed by atoms with Crippen molar-refractivity contribution in [2.45, 2.75) is 132 Å². The normalized spacial score (nSPS) is 16.2. The molecular formula is C47H60IrNO2Te-. The smallest absolute Gasteiger partial charge is 0 e. The van der Waals surface area contributed by atoms with Crippen molar-refractivity contribution in [2.24, 2.45) is 17.3 Å². The zero-order valence-corrected chi connectivity index (χ0v) is 37.9. The first-order valence-electron chi connectivity index (χ1n) is 19.8. The van der Waals surface area contributed by atoms with Crippen LogP contribution in [0.15, 0.2) is 66.6 Å². The number of aliphatic hydroxyl groups excluding tert-OH is 1. The van der Waals surface area contributed by atoms with Crippen molar-refractivity contribution in [2.75, 3.05) is 0 Å². The second kappa shape index (κ2) is 17.9. The van der Waals surface area contributed by atoms with Crippen LogP contribution in [0.3, 0.4) is 0 Å². The Bertz CT molecular complexity index is 2070. The van der Waals surface area contributed by atoms with Gasteiger partial charge in [0.1, 0.15) is 0 Å². The molecule has 1 aliphatic rings. The van der Waals surface area contributed by atoms with E-state index < -0.39 is 26.3 Å². The third-order valence-electron chi connectivity index (χ3n) is 11.3. The number of nitrogens with zero attached hydrogens (tertiary/aromatic N) is 1. The maximum Gasteiger partial charge on any atom is 0 e. The zero-order chi connectivity index (χ0) is 38.0. The molecule has 0 saturated heterocycles. The summed E-state index contributed by atoms with van der Waals surface area (Å²) in [6.07, 6.45) is 11.1. The molecule has 0 spiro atoms. The summed E-state index contributed by atoms with van der Waals surface area (Å²) < 4.78 is 12.4. The van der Waals surface area contributed by atoms with E-state index in [-0.39, 0.29) is 48.9 Å². The zero-order valence-electron chi connectivity index (χ0n) is 34.1. The predicted molar refractivity (Wildman–Crippen MR) is 220 cm³/mol. The fourth-order valence-corrected chi connectivity index (χ4v) is 11.4. The van der Waals surface area contributed by atoms with Crippen LogP contribution in [0.1, 0.15) is 138 Å². The van der Waals surface area contributed by atoms with E-state index in [1.165, 1.54) is 45.7 Å². The Morgan fingerprint density at radius 1 is 0.962 bits per heavy atom. The van der Waals surface area contributed by atoms with Crippen molar-refractivity contribution in [3.63, 3.8) is 0 Å². The van der Waals surface area contributed by atoms with Crippen molar-refractivity contribution in [3.8, 4) is 11.3 Å². The average molecular weight is 992 g/mol. The van der Waals surface area contributed by atoms with Gasteiger partial charge in [0, 0.05) is 38.0 Å². The Labute approximate surface area is 338 Å². The van der Waals surface area contributed by atoms with E-state index in [4.69, 9.17) is 4.98 Å². The number of aromatic nitrogens is 1. The Kier molecular flexibility index (Phi) is 14.1. The fourth-order valence-electron chi connectivity index (χ4n) is 7.73. The van der Waals surface area contributed by atoms with Crippen molar-refractivity contribution >= 4 is 54.6 Å². The van der Waals surface area contributed by atoms with Crippen LogP contribution in [0.25, 0.3) is 39.6 Å². The molecular weight excluding hydrogens is 930 g/mol. The minimum atomic E-state index is -0.628. The van der Waals surface area contributed by atoms with Gasteiger partial charge in [-0.15, -0.1) is 0 Å². The summed E-state index contributed by atoms with van der Waals surface area (Å²) >= 11 is -0.628. The molecule has 52 heavy (non-hydrogen) atoms. The monoisotopic (exact) mass is 994 g/mol. The number of hydrogen-bond acceptors (Lipinski definition) is 3. The van der Waals surface area contributed by atoms with Gasteiger partial charge in [0.25, 0.3) is 0 Å². The molecule has 5 heteroatoms. The number of ketones is 1. The van der Waals surface area contributed by atoms with Gasteiger partial charge in [0.2, 0.25) is 0 Å². The van der Waals surface area contributed by atoms with Crippen molar-refractivity contribution in [1.29, 1.82) is 0 Å². The number of benzene rings is 3. The number of hydrogen-bond donors (Lipinski definition) is 1. The third-order valence-corrected chi connectivity index (χ3v) is 15.2. The molecule has 1 aliphatic carbocycles. The summed E-state index contributed by atoms with van der Waals surface area (Å²) in [7, 11) is 0. The second-order valence-electron chi connectivity index (χ2n) is 16.4. The van der Waals surface area contributed by atoms with Gasteiger partial charge in [-0.2, -0.15) is 0 Å². The molecule has 0 bridgehead atoms. The molecule has 3 aromatic carbocycles. The summed E-state index contributed by atoms with van der Waals surface area (Å²) in [5.74, 6) is 0.0942. The standard InChI is InChI=1S/C34H36NTe.C13H24O2.Ir/c1-21-25(22-13-16-34(5,6)17-14-22)11-12-27-28-15-18-35-30(32(28)36-31(21)27)24-19-23-9-7-8-10-26(23)29(20-24)33(2,3)4;1-5-10(6-2)12(14)9-13(15)11(7-3)8-4;/h7-12,15,18,20,22H,13-14,16-17H2,1-6H3;9-11,14H,5-8H2,1-4H3;/q-1;;/b;12-9-;/i22D;;. The Morgan fingerprint density at radius 2 is 1.58 bits per heavy atom. The van der Waals surface area contributed by atoms with Gasteiger partial charge in [0.15, 0.2) is 5.78 Å². The van der Waals surface area contributed by atoms with Crippen LogP contribution in [-0.4, -0.2) is 36.3 Å². The van der Waals surface area contributed by atoms with Crippen LogP contribution in [-0.2, 0) is 30.3 Å². The number of allylic oxidation sites excluding steroid dienone is 2. The molecule has 0 aliphatic heterocycles. The summed E-state index contributed by atoms with van der Waals surface area (Å²) in [6.45, 7) is 21.9. The van der Waals surface area contributed by atoms with E-state index in [9.17, 15) is 11.3 Å². The van der Waals surface area contributed by atoms with Crippen LogP contribution in [0.5, 0.6) is 0 Å². The number of carbonyl (C=O) groups excluding carboxylic acids is 1. The molecule has 0 atom stereocenters. The quantitative estimate of drug-likeness (QED) is 0.0693. The predicted octanol–water partition coefficient (Wildman–Crippen LogP) is 13.2. The number of aliphatic hydroxyl groups is 1. The van der Waals surface area contributed by atoms with E-state index in [0.717, 1.165) is 68.0 Å². The van der Waals surface area contributed by atoms with Crippen LogP contribution in [0.4, 0.5) is 0 Å². The van der Waals surface area contributed by atoms with Gasteiger partial charge >= 0.3 is 228 Å². The van der Waals surface area contributed by atoms with Crippen molar-refractivity contribution in [3.05, 3.63) is 89.3 Å². The van der Waals surface area contributed by atoms with Crippen LogP contribution >= 0.6 is 0 Å². The minimum Gasteiger partial charge on any atom is 0 e. The second-order valence-corrected chi connectivity index (χ2v) is 19.3. The molecule has 2 aromatic heterocycles. The van der Waals surface area contributed by atoms with Gasteiger partial charge < -0.3 is 5.11 Å². The molecule has 5 aromatic rings. The molecule has 1 saturated carbocycles. The first kappa shape index (κ1) is 40.9. The van der Waals surface area contributed by atoms with Gasteiger partial charge in [-0.1, -0.05) is 27.7 Å². The fraction of sp³-hybridized carbons (Fsp3) is 0.489. The van der Waals surface area contributed by atoms with E-state index in [2.05, 4.69) is 96.1 Å². The molecule has 1 fully saturated rings. The maximum atomic E-state index is 11.7. The Morgan fingerprint density at radius 3 is 2.19 bits per heavy atom. The molecule has 1 radical (unpaired) electrons. The van der Waals surface area contributed by atoms with E-state index in [1.807, 2.05) is 33.9 Å². The van der Waals surface area contributed by atoms with Crippen LogP contribution < -0.4 is 0 Å². The van der Waals surface area contributed by atoms with Gasteiger partial charge in [-0.05, 0) is 25.7 Å². The Hall–Kier alpha value is -2.28.